The van der Waals surface area contributed by atoms with Crippen LogP contribution in [0.25, 0.3) is 0 Å². The Morgan fingerprint density at radius 3 is 2.28 bits per heavy atom. The van der Waals surface area contributed by atoms with Crippen LogP contribution in [-0.2, 0) is 0 Å². The van der Waals surface area contributed by atoms with Crippen molar-refractivity contribution in [2.75, 3.05) is 31.1 Å². The Morgan fingerprint density at radius 2 is 1.62 bits per heavy atom. The van der Waals surface area contributed by atoms with Crippen molar-refractivity contribution in [3.63, 3.8) is 0 Å². The van der Waals surface area contributed by atoms with Crippen molar-refractivity contribution in [3.8, 4) is 0 Å². The van der Waals surface area contributed by atoms with Crippen LogP contribution < -0.4 is 4.90 Å². The molecule has 0 spiro atoms. The van der Waals surface area contributed by atoms with Crippen LogP contribution in [0.5, 0.6) is 0 Å². The van der Waals surface area contributed by atoms with Crippen LogP contribution in [-0.4, -0.2) is 42.3 Å². The summed E-state index contributed by atoms with van der Waals surface area (Å²) in [6.45, 7) is 12.8. The fourth-order valence-corrected chi connectivity index (χ4v) is 6.42. The van der Waals surface area contributed by atoms with Crippen LogP contribution in [0.1, 0.15) is 71.3 Å². The van der Waals surface area contributed by atoms with E-state index in [0.717, 1.165) is 24.9 Å². The molecule has 1 N–H and O–H groups in total. The summed E-state index contributed by atoms with van der Waals surface area (Å²) in [5.74, 6) is 2.33. The molecular weight excluding hydrogens is 360 g/mol. The number of benzene rings is 1. The molecule has 4 rings (SSSR count). The molecule has 3 fully saturated rings. The predicted molar refractivity (Wildman–Crippen MR) is 119 cm³/mol. The molecule has 1 aliphatic heterocycles. The fraction of sp³-hybridized carbons (Fsp3) is 0.720. The zero-order valence-corrected chi connectivity index (χ0v) is 18.7. The molecule has 2 aliphatic carbocycles. The third-order valence-corrected chi connectivity index (χ3v) is 8.53. The Balaban J connectivity index is 1.49. The standard InChI is InChI=1S/C25H38N2O2/c1-24(2)10-11-25(3,4)22-17-19(8-9-21(22)24)18-6-5-7-20(16-18)26-12-14-27(15-13-26)23(28)29/h5-7,16,19,21-22H,8-15,17H2,1-4H3,(H,28,29). The molecule has 4 heteroatoms. The molecule has 1 saturated heterocycles. The van der Waals surface area contributed by atoms with Gasteiger partial charge in [0.05, 0.1) is 0 Å². The van der Waals surface area contributed by atoms with E-state index >= 15 is 0 Å². The zero-order chi connectivity index (χ0) is 20.8. The second kappa shape index (κ2) is 7.52. The molecule has 1 aromatic rings. The quantitative estimate of drug-likeness (QED) is 0.681. The largest absolute Gasteiger partial charge is 0.465 e. The molecule has 1 amide bonds. The van der Waals surface area contributed by atoms with Crippen molar-refractivity contribution in [1.29, 1.82) is 0 Å². The van der Waals surface area contributed by atoms with Crippen molar-refractivity contribution in [1.82, 2.24) is 4.90 Å². The molecule has 4 nitrogen and oxygen atoms in total. The van der Waals surface area contributed by atoms with Crippen LogP contribution in [0.4, 0.5) is 10.5 Å². The summed E-state index contributed by atoms with van der Waals surface area (Å²) in [5.41, 5.74) is 3.68. The molecule has 1 heterocycles. The van der Waals surface area contributed by atoms with E-state index in [1.807, 2.05) is 0 Å². The summed E-state index contributed by atoms with van der Waals surface area (Å²) < 4.78 is 0. The van der Waals surface area contributed by atoms with Gasteiger partial charge in [0.25, 0.3) is 0 Å². The Morgan fingerprint density at radius 1 is 0.966 bits per heavy atom. The third kappa shape index (κ3) is 4.00. The number of hydrogen-bond acceptors (Lipinski definition) is 2. The van der Waals surface area contributed by atoms with E-state index in [1.165, 1.54) is 48.3 Å². The maximum Gasteiger partial charge on any atom is 0.407 e. The predicted octanol–water partition coefficient (Wildman–Crippen LogP) is 5.83. The number of hydrogen-bond donors (Lipinski definition) is 1. The molecule has 3 atom stereocenters. The minimum absolute atomic E-state index is 0.448. The lowest BCUT2D eigenvalue weighted by Gasteiger charge is -2.56. The molecular formula is C25H38N2O2. The Bertz CT molecular complexity index is 749. The first-order valence-corrected chi connectivity index (χ1v) is 11.5. The van der Waals surface area contributed by atoms with Crippen molar-refractivity contribution in [2.45, 2.75) is 65.7 Å². The second-order valence-corrected chi connectivity index (χ2v) is 11.1. The minimum atomic E-state index is -0.798. The van der Waals surface area contributed by atoms with E-state index in [-0.39, 0.29) is 0 Å². The summed E-state index contributed by atoms with van der Waals surface area (Å²) in [4.78, 5) is 15.1. The third-order valence-electron chi connectivity index (χ3n) is 8.53. The highest BCUT2D eigenvalue weighted by Crippen LogP contribution is 2.59. The normalized spacial score (nSPS) is 31.2. The average molecular weight is 399 g/mol. The van der Waals surface area contributed by atoms with Gasteiger partial charge in [-0.1, -0.05) is 39.8 Å². The summed E-state index contributed by atoms with van der Waals surface area (Å²) in [6, 6.07) is 9.11. The summed E-state index contributed by atoms with van der Waals surface area (Å²) >= 11 is 0. The van der Waals surface area contributed by atoms with Crippen molar-refractivity contribution in [2.24, 2.45) is 22.7 Å². The first-order chi connectivity index (χ1) is 13.7. The van der Waals surface area contributed by atoms with Crippen LogP contribution in [0, 0.1) is 22.7 Å². The number of carbonyl (C=O) groups is 1. The van der Waals surface area contributed by atoms with Crippen LogP contribution in [0.2, 0.25) is 0 Å². The van der Waals surface area contributed by atoms with Crippen molar-refractivity contribution in [3.05, 3.63) is 29.8 Å². The monoisotopic (exact) mass is 398 g/mol. The zero-order valence-electron chi connectivity index (χ0n) is 18.7. The molecule has 1 aromatic carbocycles. The van der Waals surface area contributed by atoms with Gasteiger partial charge in [-0.05, 0) is 78.4 Å². The summed E-state index contributed by atoms with van der Waals surface area (Å²) in [6.07, 6.45) is 5.89. The lowest BCUT2D eigenvalue weighted by molar-refractivity contribution is -0.0498. The van der Waals surface area contributed by atoms with Gasteiger partial charge in [-0.3, -0.25) is 0 Å². The van der Waals surface area contributed by atoms with Gasteiger partial charge < -0.3 is 14.9 Å². The van der Waals surface area contributed by atoms with Gasteiger partial charge in [0.15, 0.2) is 0 Å². The van der Waals surface area contributed by atoms with Crippen LogP contribution in [0.15, 0.2) is 24.3 Å². The number of fused-ring (bicyclic) bond motifs is 1. The number of anilines is 1. The maximum atomic E-state index is 11.2. The molecule has 0 radical (unpaired) electrons. The SMILES string of the molecule is CC1(C)CCC(C)(C)C2CC(c3cccc(N4CCN(C(=O)O)CC4)c3)CCC21. The van der Waals surface area contributed by atoms with E-state index in [9.17, 15) is 9.90 Å². The molecule has 0 aromatic heterocycles. The molecule has 3 aliphatic rings. The lowest BCUT2D eigenvalue weighted by Crippen LogP contribution is -2.48. The van der Waals surface area contributed by atoms with E-state index in [4.69, 9.17) is 0 Å². The van der Waals surface area contributed by atoms with E-state index < -0.39 is 6.09 Å². The van der Waals surface area contributed by atoms with Gasteiger partial charge in [-0.2, -0.15) is 0 Å². The number of rotatable bonds is 2. The van der Waals surface area contributed by atoms with Gasteiger partial charge in [-0.15, -0.1) is 0 Å². The van der Waals surface area contributed by atoms with Gasteiger partial charge in [-0.25, -0.2) is 4.79 Å². The molecule has 29 heavy (non-hydrogen) atoms. The van der Waals surface area contributed by atoms with E-state index in [0.29, 0.717) is 29.8 Å². The first kappa shape index (κ1) is 20.6. The average Bonchev–Trinajstić information content (AvgIpc) is 2.71. The van der Waals surface area contributed by atoms with Gasteiger partial charge in [0.1, 0.15) is 0 Å². The molecule has 3 unspecified atom stereocenters. The highest BCUT2D eigenvalue weighted by Gasteiger charge is 2.49. The van der Waals surface area contributed by atoms with Crippen molar-refractivity contribution >= 4 is 11.8 Å². The molecule has 0 bridgehead atoms. The van der Waals surface area contributed by atoms with Crippen LogP contribution in [0.3, 0.4) is 0 Å². The van der Waals surface area contributed by atoms with Crippen molar-refractivity contribution < 1.29 is 9.90 Å². The second-order valence-electron chi connectivity index (χ2n) is 11.1. The van der Waals surface area contributed by atoms with Gasteiger partial charge >= 0.3 is 6.09 Å². The Kier molecular flexibility index (Phi) is 5.33. The summed E-state index contributed by atoms with van der Waals surface area (Å²) in [5, 5.41) is 9.19. The Labute approximate surface area is 176 Å². The smallest absolute Gasteiger partial charge is 0.407 e. The van der Waals surface area contributed by atoms with E-state index in [2.05, 4.69) is 56.9 Å². The molecule has 160 valence electrons. The maximum absolute atomic E-state index is 11.2. The number of piperazine rings is 1. The Hall–Kier alpha value is -1.71. The highest BCUT2D eigenvalue weighted by atomic mass is 16.4. The van der Waals surface area contributed by atoms with E-state index in [1.54, 1.807) is 0 Å². The minimum Gasteiger partial charge on any atom is -0.465 e. The van der Waals surface area contributed by atoms with Crippen LogP contribution >= 0.6 is 0 Å². The topological polar surface area (TPSA) is 43.8 Å². The molecule has 2 saturated carbocycles. The lowest BCUT2D eigenvalue weighted by atomic mass is 9.49. The number of amides is 1. The number of nitrogens with zero attached hydrogens (tertiary/aromatic N) is 2. The highest BCUT2D eigenvalue weighted by molar-refractivity contribution is 5.65. The first-order valence-electron chi connectivity index (χ1n) is 11.5. The summed E-state index contributed by atoms with van der Waals surface area (Å²) in [7, 11) is 0. The van der Waals surface area contributed by atoms with Gasteiger partial charge in [0.2, 0.25) is 0 Å². The fourth-order valence-electron chi connectivity index (χ4n) is 6.42. The number of carboxylic acid groups (broad SMARTS) is 1. The van der Waals surface area contributed by atoms with Gasteiger partial charge in [0, 0.05) is 31.9 Å².